The summed E-state index contributed by atoms with van der Waals surface area (Å²) in [6, 6.07) is 9.30. The zero-order chi connectivity index (χ0) is 29.3. The molecule has 1 aliphatic rings. The van der Waals surface area contributed by atoms with Crippen LogP contribution in [0.1, 0.15) is 135 Å². The summed E-state index contributed by atoms with van der Waals surface area (Å²) in [5.74, 6) is 0. The van der Waals surface area contributed by atoms with E-state index in [0.717, 1.165) is 17.5 Å². The maximum absolute atomic E-state index is 11.6. The van der Waals surface area contributed by atoms with Crippen LogP contribution in [0.15, 0.2) is 24.3 Å². The third-order valence-electron chi connectivity index (χ3n) is 8.99. The minimum absolute atomic E-state index is 0.0434. The smallest absolute Gasteiger partial charge is 0.0576 e. The zero-order valence-electron chi connectivity index (χ0n) is 26.5. The Bertz CT molecular complexity index is 1100. The number of rotatable bonds is 4. The molecule has 3 rings (SSSR count). The van der Waals surface area contributed by atoms with E-state index in [1.807, 2.05) is 6.92 Å². The first-order valence-electron chi connectivity index (χ1n) is 14.3. The molecule has 0 saturated heterocycles. The Kier molecular flexibility index (Phi) is 7.68. The van der Waals surface area contributed by atoms with E-state index in [4.69, 9.17) is 0 Å². The van der Waals surface area contributed by atoms with Crippen LogP contribution >= 0.6 is 0 Å². The van der Waals surface area contributed by atoms with Crippen molar-refractivity contribution in [2.24, 2.45) is 5.41 Å². The standard InChI is InChI=1S/C35H54O3/c1-30(2,3)24-15-22-14-23-16-25(31(4,5)6)18-27(33(10,11)12)29(23)35(21-38,34(13,19-36)20-37)28(22)26(17-24)32(7,8)9/h15-18,36-38H,14,19-21H2,1-13H3. The van der Waals surface area contributed by atoms with Crippen LogP contribution in [0.5, 0.6) is 0 Å². The second-order valence-electron chi connectivity index (χ2n) is 16.2. The summed E-state index contributed by atoms with van der Waals surface area (Å²) in [5.41, 5.74) is 7.03. The van der Waals surface area contributed by atoms with Gasteiger partial charge in [0, 0.05) is 5.41 Å². The van der Waals surface area contributed by atoms with Gasteiger partial charge in [0.1, 0.15) is 0 Å². The highest BCUT2D eigenvalue weighted by molar-refractivity contribution is 5.65. The Balaban J connectivity index is 2.71. The summed E-state index contributed by atoms with van der Waals surface area (Å²) in [5, 5.41) is 33.6. The maximum Gasteiger partial charge on any atom is 0.0576 e. The van der Waals surface area contributed by atoms with Crippen LogP contribution in [0.25, 0.3) is 0 Å². The van der Waals surface area contributed by atoms with Gasteiger partial charge in [-0.25, -0.2) is 0 Å². The van der Waals surface area contributed by atoms with Crippen LogP contribution in [0.4, 0.5) is 0 Å². The van der Waals surface area contributed by atoms with Crippen LogP contribution < -0.4 is 0 Å². The largest absolute Gasteiger partial charge is 0.396 e. The van der Waals surface area contributed by atoms with E-state index in [0.29, 0.717) is 0 Å². The fraction of sp³-hybridized carbons (Fsp3) is 0.657. The zero-order valence-corrected chi connectivity index (χ0v) is 26.5. The molecule has 38 heavy (non-hydrogen) atoms. The molecule has 2 aromatic rings. The molecule has 0 saturated carbocycles. The first-order valence-corrected chi connectivity index (χ1v) is 14.3. The Hall–Kier alpha value is -1.68. The number of fused-ring (bicyclic) bond motifs is 2. The molecule has 1 aliphatic carbocycles. The first-order chi connectivity index (χ1) is 17.1. The Morgan fingerprint density at radius 2 is 0.895 bits per heavy atom. The molecule has 2 aromatic carbocycles. The van der Waals surface area contributed by atoms with Crippen molar-refractivity contribution in [1.29, 1.82) is 0 Å². The monoisotopic (exact) mass is 522 g/mol. The van der Waals surface area contributed by atoms with Gasteiger partial charge in [0.15, 0.2) is 0 Å². The van der Waals surface area contributed by atoms with Gasteiger partial charge in [-0.15, -0.1) is 0 Å². The van der Waals surface area contributed by atoms with Crippen molar-refractivity contribution in [3.63, 3.8) is 0 Å². The van der Waals surface area contributed by atoms with Crippen molar-refractivity contribution in [2.45, 2.75) is 124 Å². The molecule has 0 amide bonds. The molecular weight excluding hydrogens is 468 g/mol. The second kappa shape index (κ2) is 9.46. The average Bonchev–Trinajstić information content (AvgIpc) is 2.78. The fourth-order valence-electron chi connectivity index (χ4n) is 6.34. The lowest BCUT2D eigenvalue weighted by Crippen LogP contribution is -2.56. The van der Waals surface area contributed by atoms with Gasteiger partial charge < -0.3 is 15.3 Å². The Morgan fingerprint density at radius 1 is 0.553 bits per heavy atom. The van der Waals surface area contributed by atoms with Crippen molar-refractivity contribution in [2.75, 3.05) is 19.8 Å². The molecule has 0 spiro atoms. The summed E-state index contributed by atoms with van der Waals surface area (Å²) in [4.78, 5) is 0. The summed E-state index contributed by atoms with van der Waals surface area (Å²) < 4.78 is 0. The summed E-state index contributed by atoms with van der Waals surface area (Å²) in [6.45, 7) is 28.1. The molecule has 0 bridgehead atoms. The van der Waals surface area contributed by atoms with Crippen molar-refractivity contribution in [1.82, 2.24) is 0 Å². The summed E-state index contributed by atoms with van der Waals surface area (Å²) in [7, 11) is 0. The van der Waals surface area contributed by atoms with Crippen LogP contribution in [-0.4, -0.2) is 35.1 Å². The lowest BCUT2D eigenvalue weighted by molar-refractivity contribution is -0.0126. The van der Waals surface area contributed by atoms with E-state index >= 15 is 0 Å². The van der Waals surface area contributed by atoms with Gasteiger partial charge in [-0.1, -0.05) is 114 Å². The normalized spacial score (nSPS) is 16.3. The number of benzene rings is 2. The van der Waals surface area contributed by atoms with E-state index in [9.17, 15) is 15.3 Å². The molecule has 0 aromatic heterocycles. The van der Waals surface area contributed by atoms with Crippen LogP contribution in [0.3, 0.4) is 0 Å². The minimum atomic E-state index is -0.988. The quantitative estimate of drug-likeness (QED) is 0.403. The van der Waals surface area contributed by atoms with Gasteiger partial charge in [-0.3, -0.25) is 0 Å². The topological polar surface area (TPSA) is 60.7 Å². The predicted molar refractivity (Wildman–Crippen MR) is 161 cm³/mol. The van der Waals surface area contributed by atoms with E-state index < -0.39 is 10.8 Å². The number of aliphatic hydroxyl groups is 3. The molecule has 3 heteroatoms. The number of hydrogen-bond acceptors (Lipinski definition) is 3. The first kappa shape index (κ1) is 30.9. The van der Waals surface area contributed by atoms with Gasteiger partial charge >= 0.3 is 0 Å². The summed E-state index contributed by atoms with van der Waals surface area (Å²) in [6.07, 6.45) is 0.763. The van der Waals surface area contributed by atoms with Crippen molar-refractivity contribution >= 4 is 0 Å². The molecule has 3 N–H and O–H groups in total. The molecule has 0 unspecified atom stereocenters. The van der Waals surface area contributed by atoms with E-state index in [-0.39, 0.29) is 41.5 Å². The second-order valence-corrected chi connectivity index (χ2v) is 16.2. The number of hydrogen-bond donors (Lipinski definition) is 3. The van der Waals surface area contributed by atoms with Crippen molar-refractivity contribution < 1.29 is 15.3 Å². The maximum atomic E-state index is 11.6. The third-order valence-corrected chi connectivity index (χ3v) is 8.99. The average molecular weight is 523 g/mol. The molecule has 0 heterocycles. The third kappa shape index (κ3) is 4.88. The molecule has 212 valence electrons. The Labute approximate surface area is 232 Å². The van der Waals surface area contributed by atoms with Gasteiger partial charge in [-0.05, 0) is 72.6 Å². The van der Waals surface area contributed by atoms with Crippen molar-refractivity contribution in [3.05, 3.63) is 68.8 Å². The van der Waals surface area contributed by atoms with E-state index in [1.165, 1.54) is 33.4 Å². The lowest BCUT2D eigenvalue weighted by atomic mass is 9.50. The van der Waals surface area contributed by atoms with Crippen molar-refractivity contribution in [3.8, 4) is 0 Å². The predicted octanol–water partition coefficient (Wildman–Crippen LogP) is 7.05. The highest BCUT2D eigenvalue weighted by Crippen LogP contribution is 2.57. The molecule has 0 aliphatic heterocycles. The molecule has 0 atom stereocenters. The SMILES string of the molecule is CC(C)(C)c1cc2c(c(C(C)(C)C)c1)C(CO)(C(C)(CO)CO)c1c(cc(C(C)(C)C)cc1C(C)(C)C)C2. The highest BCUT2D eigenvalue weighted by Gasteiger charge is 2.56. The molecule has 0 radical (unpaired) electrons. The number of aliphatic hydroxyl groups excluding tert-OH is 3. The fourth-order valence-corrected chi connectivity index (χ4v) is 6.34. The van der Waals surface area contributed by atoms with E-state index in [1.54, 1.807) is 0 Å². The minimum Gasteiger partial charge on any atom is -0.396 e. The van der Waals surface area contributed by atoms with Crippen LogP contribution in [0, 0.1) is 5.41 Å². The summed E-state index contributed by atoms with van der Waals surface area (Å²) >= 11 is 0. The van der Waals surface area contributed by atoms with Gasteiger partial charge in [0.25, 0.3) is 0 Å². The van der Waals surface area contributed by atoms with Crippen LogP contribution in [-0.2, 0) is 33.5 Å². The van der Waals surface area contributed by atoms with Gasteiger partial charge in [0.05, 0.1) is 25.2 Å². The van der Waals surface area contributed by atoms with Gasteiger partial charge in [0.2, 0.25) is 0 Å². The molecule has 0 fully saturated rings. The lowest BCUT2D eigenvalue weighted by Gasteiger charge is -2.54. The highest BCUT2D eigenvalue weighted by atomic mass is 16.3. The van der Waals surface area contributed by atoms with Gasteiger partial charge in [-0.2, -0.15) is 0 Å². The molecular formula is C35H54O3. The molecule has 3 nitrogen and oxygen atoms in total. The van der Waals surface area contributed by atoms with E-state index in [2.05, 4.69) is 107 Å². The Morgan fingerprint density at radius 3 is 1.13 bits per heavy atom. The van der Waals surface area contributed by atoms with Crippen LogP contribution in [0.2, 0.25) is 0 Å².